The molecule has 0 aliphatic heterocycles. The summed E-state index contributed by atoms with van der Waals surface area (Å²) in [5, 5.41) is 8.61. The molecule has 3 heteroatoms. The highest BCUT2D eigenvalue weighted by Crippen LogP contribution is 2.12. The van der Waals surface area contributed by atoms with Gasteiger partial charge in [-0.2, -0.15) is 0 Å². The van der Waals surface area contributed by atoms with E-state index in [0.717, 1.165) is 0 Å². The van der Waals surface area contributed by atoms with Crippen LogP contribution in [0.5, 0.6) is 0 Å². The SMILES string of the molecule is C[C@@H](Cc1ccccc1F)C(=O)O. The summed E-state index contributed by atoms with van der Waals surface area (Å²) >= 11 is 0. The Kier molecular flexibility index (Phi) is 3.01. The van der Waals surface area contributed by atoms with Crippen LogP contribution in [0.2, 0.25) is 0 Å². The molecule has 0 aliphatic carbocycles. The van der Waals surface area contributed by atoms with Crippen LogP contribution in [0.3, 0.4) is 0 Å². The molecule has 0 aromatic heterocycles. The Labute approximate surface area is 76.0 Å². The van der Waals surface area contributed by atoms with Crippen LogP contribution < -0.4 is 0 Å². The zero-order chi connectivity index (χ0) is 9.84. The van der Waals surface area contributed by atoms with Crippen molar-refractivity contribution in [1.82, 2.24) is 0 Å². The van der Waals surface area contributed by atoms with Crippen LogP contribution in [0.25, 0.3) is 0 Å². The van der Waals surface area contributed by atoms with Crippen molar-refractivity contribution in [2.75, 3.05) is 0 Å². The van der Waals surface area contributed by atoms with E-state index in [1.54, 1.807) is 25.1 Å². The first-order valence-corrected chi connectivity index (χ1v) is 4.07. The Morgan fingerprint density at radius 3 is 2.69 bits per heavy atom. The van der Waals surface area contributed by atoms with Crippen LogP contribution in [0.1, 0.15) is 12.5 Å². The lowest BCUT2D eigenvalue weighted by atomic mass is 10.0. The van der Waals surface area contributed by atoms with E-state index in [1.807, 2.05) is 0 Å². The quantitative estimate of drug-likeness (QED) is 0.777. The molecule has 0 amide bonds. The fourth-order valence-corrected chi connectivity index (χ4v) is 1.08. The van der Waals surface area contributed by atoms with E-state index < -0.39 is 11.9 Å². The summed E-state index contributed by atoms with van der Waals surface area (Å²) in [6.07, 6.45) is 0.238. The normalized spacial score (nSPS) is 12.5. The lowest BCUT2D eigenvalue weighted by Crippen LogP contribution is -2.12. The van der Waals surface area contributed by atoms with Gasteiger partial charge < -0.3 is 5.11 Å². The fraction of sp³-hybridized carbons (Fsp3) is 0.300. The van der Waals surface area contributed by atoms with E-state index in [-0.39, 0.29) is 12.2 Å². The molecule has 0 spiro atoms. The minimum Gasteiger partial charge on any atom is -0.481 e. The van der Waals surface area contributed by atoms with E-state index in [0.29, 0.717) is 5.56 Å². The number of carbonyl (C=O) groups is 1. The number of benzene rings is 1. The van der Waals surface area contributed by atoms with E-state index in [4.69, 9.17) is 5.11 Å². The number of carboxylic acid groups (broad SMARTS) is 1. The minimum atomic E-state index is -0.900. The third kappa shape index (κ3) is 2.54. The topological polar surface area (TPSA) is 37.3 Å². The summed E-state index contributed by atoms with van der Waals surface area (Å²) in [6.45, 7) is 1.56. The summed E-state index contributed by atoms with van der Waals surface area (Å²) in [5.74, 6) is -1.78. The molecule has 0 heterocycles. The Balaban J connectivity index is 2.74. The summed E-state index contributed by atoms with van der Waals surface area (Å²) in [4.78, 5) is 10.5. The van der Waals surface area contributed by atoms with Crippen molar-refractivity contribution in [3.63, 3.8) is 0 Å². The van der Waals surface area contributed by atoms with E-state index in [1.165, 1.54) is 6.07 Å². The van der Waals surface area contributed by atoms with Gasteiger partial charge in [-0.1, -0.05) is 25.1 Å². The van der Waals surface area contributed by atoms with Crippen molar-refractivity contribution in [3.05, 3.63) is 35.6 Å². The van der Waals surface area contributed by atoms with Gasteiger partial charge in [0.15, 0.2) is 0 Å². The van der Waals surface area contributed by atoms with Crippen molar-refractivity contribution in [3.8, 4) is 0 Å². The molecule has 0 bridgehead atoms. The Morgan fingerprint density at radius 1 is 1.54 bits per heavy atom. The molecule has 0 unspecified atom stereocenters. The van der Waals surface area contributed by atoms with Crippen LogP contribution >= 0.6 is 0 Å². The highest BCUT2D eigenvalue weighted by Gasteiger charge is 2.13. The molecular weight excluding hydrogens is 171 g/mol. The molecule has 0 fully saturated rings. The molecule has 70 valence electrons. The van der Waals surface area contributed by atoms with Crippen LogP contribution in [-0.2, 0) is 11.2 Å². The molecule has 0 radical (unpaired) electrons. The molecule has 0 saturated carbocycles. The number of rotatable bonds is 3. The molecule has 1 N–H and O–H groups in total. The predicted molar refractivity (Wildman–Crippen MR) is 46.9 cm³/mol. The Bertz CT molecular complexity index is 310. The van der Waals surface area contributed by atoms with Gasteiger partial charge in [-0.15, -0.1) is 0 Å². The third-order valence-electron chi connectivity index (χ3n) is 1.91. The second kappa shape index (κ2) is 4.03. The van der Waals surface area contributed by atoms with E-state index >= 15 is 0 Å². The number of aliphatic carboxylic acids is 1. The van der Waals surface area contributed by atoms with Gasteiger partial charge in [-0.25, -0.2) is 4.39 Å². The highest BCUT2D eigenvalue weighted by atomic mass is 19.1. The summed E-state index contributed by atoms with van der Waals surface area (Å²) in [6, 6.07) is 6.23. The van der Waals surface area contributed by atoms with Gasteiger partial charge in [-0.3, -0.25) is 4.79 Å². The molecule has 0 saturated heterocycles. The maximum Gasteiger partial charge on any atom is 0.306 e. The number of halogens is 1. The first kappa shape index (κ1) is 9.71. The fourth-order valence-electron chi connectivity index (χ4n) is 1.08. The molecule has 1 atom stereocenters. The maximum absolute atomic E-state index is 13.0. The van der Waals surface area contributed by atoms with Gasteiger partial charge in [0.05, 0.1) is 5.92 Å². The smallest absolute Gasteiger partial charge is 0.306 e. The van der Waals surface area contributed by atoms with Crippen LogP contribution in [0.4, 0.5) is 4.39 Å². The monoisotopic (exact) mass is 182 g/mol. The average Bonchev–Trinajstić information content (AvgIpc) is 2.08. The van der Waals surface area contributed by atoms with Crippen molar-refractivity contribution in [1.29, 1.82) is 0 Å². The zero-order valence-corrected chi connectivity index (χ0v) is 7.33. The van der Waals surface area contributed by atoms with Gasteiger partial charge in [0.1, 0.15) is 5.82 Å². The maximum atomic E-state index is 13.0. The molecule has 1 aromatic carbocycles. The molecular formula is C10H11FO2. The first-order chi connectivity index (χ1) is 6.11. The van der Waals surface area contributed by atoms with Gasteiger partial charge in [0.2, 0.25) is 0 Å². The third-order valence-corrected chi connectivity index (χ3v) is 1.91. The number of hydrogen-bond acceptors (Lipinski definition) is 1. The number of carboxylic acids is 1. The number of hydrogen-bond donors (Lipinski definition) is 1. The molecule has 1 aromatic rings. The van der Waals surface area contributed by atoms with Gasteiger partial charge in [0.25, 0.3) is 0 Å². The second-order valence-corrected chi connectivity index (χ2v) is 3.03. The first-order valence-electron chi connectivity index (χ1n) is 4.07. The molecule has 1 rings (SSSR count). The molecule has 2 nitrogen and oxygen atoms in total. The lowest BCUT2D eigenvalue weighted by Gasteiger charge is -2.06. The van der Waals surface area contributed by atoms with E-state index in [9.17, 15) is 9.18 Å². The minimum absolute atomic E-state index is 0.238. The summed E-state index contributed by atoms with van der Waals surface area (Å²) in [5.41, 5.74) is 0.456. The Morgan fingerprint density at radius 2 is 2.15 bits per heavy atom. The van der Waals surface area contributed by atoms with Gasteiger partial charge in [-0.05, 0) is 18.1 Å². The van der Waals surface area contributed by atoms with Crippen LogP contribution in [-0.4, -0.2) is 11.1 Å². The Hall–Kier alpha value is -1.38. The van der Waals surface area contributed by atoms with Gasteiger partial charge >= 0.3 is 5.97 Å². The largest absolute Gasteiger partial charge is 0.481 e. The van der Waals surface area contributed by atoms with Crippen LogP contribution in [0, 0.1) is 11.7 Å². The highest BCUT2D eigenvalue weighted by molar-refractivity contribution is 5.69. The summed E-state index contributed by atoms with van der Waals surface area (Å²) < 4.78 is 13.0. The summed E-state index contributed by atoms with van der Waals surface area (Å²) in [7, 11) is 0. The second-order valence-electron chi connectivity index (χ2n) is 3.03. The molecule has 13 heavy (non-hydrogen) atoms. The lowest BCUT2D eigenvalue weighted by molar-refractivity contribution is -0.141. The average molecular weight is 182 g/mol. The zero-order valence-electron chi connectivity index (χ0n) is 7.33. The van der Waals surface area contributed by atoms with Crippen molar-refractivity contribution < 1.29 is 14.3 Å². The van der Waals surface area contributed by atoms with Crippen molar-refractivity contribution >= 4 is 5.97 Å². The van der Waals surface area contributed by atoms with Crippen molar-refractivity contribution in [2.45, 2.75) is 13.3 Å². The van der Waals surface area contributed by atoms with Crippen LogP contribution in [0.15, 0.2) is 24.3 Å². The van der Waals surface area contributed by atoms with E-state index in [2.05, 4.69) is 0 Å². The van der Waals surface area contributed by atoms with Gasteiger partial charge in [0, 0.05) is 0 Å². The predicted octanol–water partition coefficient (Wildman–Crippen LogP) is 2.09. The standard InChI is InChI=1S/C10H11FO2/c1-7(10(12)13)6-8-4-2-3-5-9(8)11/h2-5,7H,6H2,1H3,(H,12,13)/t7-/m0/s1. The van der Waals surface area contributed by atoms with Crippen molar-refractivity contribution in [2.24, 2.45) is 5.92 Å². The molecule has 0 aliphatic rings.